The monoisotopic (exact) mass is 431 g/mol. The molecular weight excluding hydrogens is 402 g/mol. The van der Waals surface area contributed by atoms with Crippen LogP contribution in [0.3, 0.4) is 0 Å². The number of aromatic nitrogens is 1. The Hall–Kier alpha value is -3.41. The zero-order chi connectivity index (χ0) is 21.4. The molecule has 166 valence electrons. The standard InChI is InChI=1S/C25H25N3O3.CH4/c1-31-22-5-3-2-4-21(22)18-11-19-14-28(15-20(19)12-18)24(30)9-6-16-10-17-7-8-23(29)27-25(17)26-13-16;/h2-6,9-11,13,19-20H,7-8,12,14-15H2,1H3,(H,26,27,29);1H4/b9-6+;. The number of pyridine rings is 1. The first-order valence-corrected chi connectivity index (χ1v) is 10.7. The first-order valence-electron chi connectivity index (χ1n) is 10.7. The summed E-state index contributed by atoms with van der Waals surface area (Å²) >= 11 is 0. The fourth-order valence-electron chi connectivity index (χ4n) is 4.84. The second kappa shape index (κ2) is 8.99. The van der Waals surface area contributed by atoms with Crippen LogP contribution in [0.1, 0.15) is 37.0 Å². The molecule has 1 N–H and O–H groups in total. The topological polar surface area (TPSA) is 71.5 Å². The molecule has 1 saturated heterocycles. The second-order valence-electron chi connectivity index (χ2n) is 8.42. The number of carbonyl (C=O) groups is 2. The molecule has 3 heterocycles. The summed E-state index contributed by atoms with van der Waals surface area (Å²) in [6.07, 6.45) is 9.59. The average molecular weight is 432 g/mol. The fourth-order valence-corrected chi connectivity index (χ4v) is 4.84. The predicted octanol–water partition coefficient (Wildman–Crippen LogP) is 4.19. The van der Waals surface area contributed by atoms with Gasteiger partial charge in [-0.3, -0.25) is 9.59 Å². The summed E-state index contributed by atoms with van der Waals surface area (Å²) in [4.78, 5) is 30.5. The van der Waals surface area contributed by atoms with E-state index in [1.807, 2.05) is 35.2 Å². The highest BCUT2D eigenvalue weighted by Crippen LogP contribution is 2.43. The van der Waals surface area contributed by atoms with Crippen molar-refractivity contribution in [1.29, 1.82) is 0 Å². The van der Waals surface area contributed by atoms with Crippen LogP contribution in [-0.4, -0.2) is 41.9 Å². The number of anilines is 1. The lowest BCUT2D eigenvalue weighted by atomic mass is 9.98. The number of aryl methyl sites for hydroxylation is 1. The fraction of sp³-hybridized carbons (Fsp3) is 0.346. The maximum absolute atomic E-state index is 12.8. The Bertz CT molecular complexity index is 1110. The average Bonchev–Trinajstić information content (AvgIpc) is 3.37. The van der Waals surface area contributed by atoms with E-state index in [1.54, 1.807) is 19.4 Å². The van der Waals surface area contributed by atoms with E-state index >= 15 is 0 Å². The van der Waals surface area contributed by atoms with Crippen molar-refractivity contribution >= 4 is 29.3 Å². The van der Waals surface area contributed by atoms with Crippen LogP contribution in [0.15, 0.2) is 48.7 Å². The highest BCUT2D eigenvalue weighted by molar-refractivity contribution is 5.94. The van der Waals surface area contributed by atoms with E-state index in [0.717, 1.165) is 42.0 Å². The van der Waals surface area contributed by atoms with Crippen LogP contribution < -0.4 is 10.1 Å². The number of benzene rings is 1. The second-order valence-corrected chi connectivity index (χ2v) is 8.42. The van der Waals surface area contributed by atoms with Crippen molar-refractivity contribution in [3.8, 4) is 5.75 Å². The summed E-state index contributed by atoms with van der Waals surface area (Å²) in [5.74, 6) is 2.43. The summed E-state index contributed by atoms with van der Waals surface area (Å²) in [6.45, 7) is 1.53. The van der Waals surface area contributed by atoms with Crippen LogP contribution in [0.2, 0.25) is 0 Å². The third-order valence-corrected chi connectivity index (χ3v) is 6.44. The van der Waals surface area contributed by atoms with Gasteiger partial charge in [-0.15, -0.1) is 0 Å². The molecule has 6 nitrogen and oxygen atoms in total. The van der Waals surface area contributed by atoms with E-state index < -0.39 is 0 Å². The summed E-state index contributed by atoms with van der Waals surface area (Å²) in [5.41, 5.74) is 4.37. The van der Waals surface area contributed by atoms with Crippen LogP contribution >= 0.6 is 0 Å². The van der Waals surface area contributed by atoms with Crippen molar-refractivity contribution in [2.24, 2.45) is 11.8 Å². The van der Waals surface area contributed by atoms with Crippen LogP contribution in [0, 0.1) is 11.8 Å². The first-order chi connectivity index (χ1) is 15.1. The molecule has 5 rings (SSSR count). The number of hydrogen-bond donors (Lipinski definition) is 1. The first kappa shape index (κ1) is 21.8. The third-order valence-electron chi connectivity index (χ3n) is 6.44. The molecule has 2 amide bonds. The SMILES string of the molecule is C.COc1ccccc1C1=CC2CN(C(=O)/C=C/c3cnc4c(c3)CCC(=O)N4)CC2C1. The molecule has 0 radical (unpaired) electrons. The largest absolute Gasteiger partial charge is 0.496 e. The molecule has 0 bridgehead atoms. The molecule has 2 aliphatic heterocycles. The van der Waals surface area contributed by atoms with Gasteiger partial charge in [0.1, 0.15) is 11.6 Å². The van der Waals surface area contributed by atoms with Gasteiger partial charge in [0, 0.05) is 37.3 Å². The highest BCUT2D eigenvalue weighted by Gasteiger charge is 2.38. The van der Waals surface area contributed by atoms with Gasteiger partial charge in [0.2, 0.25) is 11.8 Å². The minimum Gasteiger partial charge on any atom is -0.496 e. The Morgan fingerprint density at radius 1 is 1.25 bits per heavy atom. The Kier molecular flexibility index (Phi) is 6.12. The maximum atomic E-state index is 12.8. The number of nitrogens with zero attached hydrogens (tertiary/aromatic N) is 2. The van der Waals surface area contributed by atoms with Gasteiger partial charge in [0.05, 0.1) is 7.11 Å². The van der Waals surface area contributed by atoms with Gasteiger partial charge in [0.15, 0.2) is 0 Å². The van der Waals surface area contributed by atoms with Gasteiger partial charge in [-0.25, -0.2) is 4.98 Å². The summed E-state index contributed by atoms with van der Waals surface area (Å²) in [7, 11) is 1.70. The number of allylic oxidation sites excluding steroid dienone is 1. The number of ether oxygens (including phenoxy) is 1. The molecule has 1 aromatic heterocycles. The van der Waals surface area contributed by atoms with Crippen molar-refractivity contribution in [3.63, 3.8) is 0 Å². The number of rotatable bonds is 4. The molecule has 3 aliphatic rings. The maximum Gasteiger partial charge on any atom is 0.246 e. The van der Waals surface area contributed by atoms with Gasteiger partial charge in [-0.05, 0) is 59.6 Å². The number of hydrogen-bond acceptors (Lipinski definition) is 4. The zero-order valence-corrected chi connectivity index (χ0v) is 17.5. The van der Waals surface area contributed by atoms with Crippen LogP contribution in [0.4, 0.5) is 5.82 Å². The van der Waals surface area contributed by atoms with Gasteiger partial charge >= 0.3 is 0 Å². The van der Waals surface area contributed by atoms with E-state index in [-0.39, 0.29) is 19.2 Å². The predicted molar refractivity (Wildman–Crippen MR) is 126 cm³/mol. The molecular formula is C26H29N3O3. The minimum absolute atomic E-state index is 0. The zero-order valence-electron chi connectivity index (χ0n) is 17.5. The van der Waals surface area contributed by atoms with E-state index in [1.165, 1.54) is 5.57 Å². The molecule has 0 spiro atoms. The van der Waals surface area contributed by atoms with Crippen LogP contribution in [-0.2, 0) is 16.0 Å². The lowest BCUT2D eigenvalue weighted by Crippen LogP contribution is -2.27. The molecule has 2 aromatic rings. The molecule has 2 unspecified atom stereocenters. The van der Waals surface area contributed by atoms with E-state index in [0.29, 0.717) is 30.5 Å². The van der Waals surface area contributed by atoms with Crippen molar-refractivity contribution in [1.82, 2.24) is 9.88 Å². The number of fused-ring (bicyclic) bond motifs is 2. The van der Waals surface area contributed by atoms with Gasteiger partial charge < -0.3 is 15.0 Å². The van der Waals surface area contributed by atoms with Gasteiger partial charge in [0.25, 0.3) is 0 Å². The normalized spacial score (nSPS) is 21.5. The Morgan fingerprint density at radius 2 is 2.09 bits per heavy atom. The molecule has 1 fully saturated rings. The quantitative estimate of drug-likeness (QED) is 0.737. The third kappa shape index (κ3) is 4.17. The van der Waals surface area contributed by atoms with Gasteiger partial charge in [-0.1, -0.05) is 31.7 Å². The summed E-state index contributed by atoms with van der Waals surface area (Å²) in [5, 5.41) is 2.78. The Balaban J connectivity index is 0.00000245. The van der Waals surface area contributed by atoms with Crippen molar-refractivity contribution in [2.75, 3.05) is 25.5 Å². The molecule has 6 heteroatoms. The van der Waals surface area contributed by atoms with E-state index in [4.69, 9.17) is 4.74 Å². The molecule has 1 aromatic carbocycles. The van der Waals surface area contributed by atoms with E-state index in [2.05, 4.69) is 22.4 Å². The van der Waals surface area contributed by atoms with Crippen molar-refractivity contribution in [3.05, 3.63) is 65.4 Å². The lowest BCUT2D eigenvalue weighted by Gasteiger charge is -2.16. The van der Waals surface area contributed by atoms with Crippen LogP contribution in [0.25, 0.3) is 11.6 Å². The number of likely N-dealkylation sites (tertiary alicyclic amines) is 1. The highest BCUT2D eigenvalue weighted by atomic mass is 16.5. The number of amides is 2. The van der Waals surface area contributed by atoms with Crippen molar-refractivity contribution in [2.45, 2.75) is 26.7 Å². The van der Waals surface area contributed by atoms with Crippen LogP contribution in [0.5, 0.6) is 5.75 Å². The molecule has 0 saturated carbocycles. The number of carbonyl (C=O) groups excluding carboxylic acids is 2. The smallest absolute Gasteiger partial charge is 0.246 e. The van der Waals surface area contributed by atoms with E-state index in [9.17, 15) is 9.59 Å². The minimum atomic E-state index is 0. The Labute approximate surface area is 189 Å². The molecule has 2 atom stereocenters. The number of methoxy groups -OCH3 is 1. The lowest BCUT2D eigenvalue weighted by molar-refractivity contribution is -0.125. The molecule has 1 aliphatic carbocycles. The Morgan fingerprint density at radius 3 is 2.91 bits per heavy atom. The van der Waals surface area contributed by atoms with Crippen molar-refractivity contribution < 1.29 is 14.3 Å². The number of para-hydroxylation sites is 1. The molecule has 32 heavy (non-hydrogen) atoms. The van der Waals surface area contributed by atoms with Gasteiger partial charge in [-0.2, -0.15) is 0 Å². The summed E-state index contributed by atoms with van der Waals surface area (Å²) < 4.78 is 5.51. The summed E-state index contributed by atoms with van der Waals surface area (Å²) in [6, 6.07) is 10.1. The number of nitrogens with one attached hydrogen (secondary N) is 1.